The predicted octanol–water partition coefficient (Wildman–Crippen LogP) is 1.18. The van der Waals surface area contributed by atoms with E-state index in [2.05, 4.69) is 9.97 Å². The van der Waals surface area contributed by atoms with Gasteiger partial charge in [0.25, 0.3) is 0 Å². The smallest absolute Gasteiger partial charge is 0.352 e. The maximum Gasteiger partial charge on any atom is 0.352 e. The Morgan fingerprint density at radius 3 is 2.65 bits per heavy atom. The highest BCUT2D eigenvalue weighted by Crippen LogP contribution is 2.16. The van der Waals surface area contributed by atoms with Gasteiger partial charge in [0, 0.05) is 23.1 Å². The Hall–Kier alpha value is -2.50. The summed E-state index contributed by atoms with van der Waals surface area (Å²) in [6.07, 6.45) is 3.05. The highest BCUT2D eigenvalue weighted by molar-refractivity contribution is 5.71. The lowest BCUT2D eigenvalue weighted by Crippen LogP contribution is -2.27. The molecular weight excluding hydrogens is 258 g/mol. The summed E-state index contributed by atoms with van der Waals surface area (Å²) in [6.45, 7) is 5.23. The second-order valence-corrected chi connectivity index (χ2v) is 4.61. The van der Waals surface area contributed by atoms with E-state index in [1.807, 2.05) is 6.92 Å². The predicted molar refractivity (Wildman–Crippen MR) is 73.2 cm³/mol. The van der Waals surface area contributed by atoms with Crippen LogP contribution >= 0.6 is 0 Å². The first-order chi connectivity index (χ1) is 9.41. The minimum absolute atomic E-state index is 0.162. The number of aromatic nitrogens is 3. The van der Waals surface area contributed by atoms with E-state index in [4.69, 9.17) is 5.11 Å². The molecular formula is C14H15N3O3. The number of pyridine rings is 1. The number of nitrogens with zero attached hydrogens (tertiary/aromatic N) is 3. The molecule has 0 saturated heterocycles. The molecule has 2 aromatic heterocycles. The molecule has 0 radical (unpaired) electrons. The SMILES string of the molecule is Cc1ccncc1-n1c(C)c(CC(=O)O)c(C)nc1=O. The van der Waals surface area contributed by atoms with Crippen LogP contribution in [-0.2, 0) is 11.2 Å². The van der Waals surface area contributed by atoms with Crippen LogP contribution in [0.4, 0.5) is 0 Å². The van der Waals surface area contributed by atoms with Crippen LogP contribution in [0.3, 0.4) is 0 Å². The maximum atomic E-state index is 12.1. The molecule has 1 N–H and O–H groups in total. The fourth-order valence-electron chi connectivity index (χ4n) is 2.18. The van der Waals surface area contributed by atoms with Gasteiger partial charge < -0.3 is 5.11 Å². The molecule has 0 aromatic carbocycles. The van der Waals surface area contributed by atoms with Crippen LogP contribution < -0.4 is 5.69 Å². The van der Waals surface area contributed by atoms with Crippen LogP contribution in [0.5, 0.6) is 0 Å². The number of carboxylic acid groups (broad SMARTS) is 1. The van der Waals surface area contributed by atoms with Gasteiger partial charge in [-0.05, 0) is 32.4 Å². The van der Waals surface area contributed by atoms with Gasteiger partial charge in [-0.2, -0.15) is 4.98 Å². The van der Waals surface area contributed by atoms with Crippen molar-refractivity contribution in [2.24, 2.45) is 0 Å². The normalized spacial score (nSPS) is 10.6. The lowest BCUT2D eigenvalue weighted by atomic mass is 10.1. The third-order valence-corrected chi connectivity index (χ3v) is 3.24. The van der Waals surface area contributed by atoms with E-state index >= 15 is 0 Å². The maximum absolute atomic E-state index is 12.1. The van der Waals surface area contributed by atoms with Gasteiger partial charge in [0.1, 0.15) is 0 Å². The number of aliphatic carboxylic acids is 1. The number of hydrogen-bond donors (Lipinski definition) is 1. The molecule has 0 bridgehead atoms. The fraction of sp³-hybridized carbons (Fsp3) is 0.286. The highest BCUT2D eigenvalue weighted by Gasteiger charge is 2.16. The first kappa shape index (κ1) is 13.9. The first-order valence-electron chi connectivity index (χ1n) is 6.13. The van der Waals surface area contributed by atoms with Crippen molar-refractivity contribution in [1.29, 1.82) is 0 Å². The molecule has 0 aliphatic carbocycles. The van der Waals surface area contributed by atoms with Crippen molar-refractivity contribution in [2.45, 2.75) is 27.2 Å². The Kier molecular flexibility index (Phi) is 3.65. The second kappa shape index (κ2) is 5.24. The third kappa shape index (κ3) is 2.45. The van der Waals surface area contributed by atoms with Crippen LogP contribution in [0, 0.1) is 20.8 Å². The topological polar surface area (TPSA) is 85.1 Å². The summed E-state index contributed by atoms with van der Waals surface area (Å²) in [6, 6.07) is 1.79. The van der Waals surface area contributed by atoms with Crippen molar-refractivity contribution in [3.05, 3.63) is 51.5 Å². The van der Waals surface area contributed by atoms with E-state index in [-0.39, 0.29) is 6.42 Å². The molecule has 0 atom stereocenters. The van der Waals surface area contributed by atoms with E-state index < -0.39 is 11.7 Å². The summed E-state index contributed by atoms with van der Waals surface area (Å²) in [7, 11) is 0. The van der Waals surface area contributed by atoms with E-state index in [9.17, 15) is 9.59 Å². The standard InChI is InChI=1S/C14H15N3O3/c1-8-4-5-15-7-12(8)17-10(3)11(6-13(18)19)9(2)16-14(17)20/h4-5,7H,6H2,1-3H3,(H,18,19). The van der Waals surface area contributed by atoms with Crippen LogP contribution in [0.25, 0.3) is 5.69 Å². The first-order valence-corrected chi connectivity index (χ1v) is 6.13. The summed E-state index contributed by atoms with van der Waals surface area (Å²) in [5.74, 6) is -0.953. The largest absolute Gasteiger partial charge is 0.481 e. The summed E-state index contributed by atoms with van der Waals surface area (Å²) < 4.78 is 1.41. The zero-order valence-corrected chi connectivity index (χ0v) is 11.5. The van der Waals surface area contributed by atoms with Crippen LogP contribution in [0.1, 0.15) is 22.5 Å². The monoisotopic (exact) mass is 273 g/mol. The molecule has 0 spiro atoms. The molecule has 2 rings (SSSR count). The van der Waals surface area contributed by atoms with Gasteiger partial charge in [-0.25, -0.2) is 4.79 Å². The quantitative estimate of drug-likeness (QED) is 0.907. The van der Waals surface area contributed by atoms with Gasteiger partial charge in [-0.3, -0.25) is 14.3 Å². The van der Waals surface area contributed by atoms with Gasteiger partial charge in [-0.15, -0.1) is 0 Å². The Bertz CT molecular complexity index is 735. The van der Waals surface area contributed by atoms with Crippen molar-refractivity contribution < 1.29 is 9.90 Å². The second-order valence-electron chi connectivity index (χ2n) is 4.61. The summed E-state index contributed by atoms with van der Waals surface area (Å²) >= 11 is 0. The number of hydrogen-bond acceptors (Lipinski definition) is 4. The Morgan fingerprint density at radius 2 is 2.05 bits per heavy atom. The van der Waals surface area contributed by atoms with E-state index in [1.165, 1.54) is 4.57 Å². The number of aryl methyl sites for hydroxylation is 2. The minimum atomic E-state index is -0.953. The van der Waals surface area contributed by atoms with Crippen molar-refractivity contribution in [3.8, 4) is 5.69 Å². The van der Waals surface area contributed by atoms with Crippen molar-refractivity contribution >= 4 is 5.97 Å². The van der Waals surface area contributed by atoms with Gasteiger partial charge in [0.05, 0.1) is 18.3 Å². The molecule has 104 valence electrons. The van der Waals surface area contributed by atoms with E-state index in [0.29, 0.717) is 22.6 Å². The molecule has 6 heteroatoms. The lowest BCUT2D eigenvalue weighted by Gasteiger charge is -2.15. The van der Waals surface area contributed by atoms with Crippen molar-refractivity contribution in [1.82, 2.24) is 14.5 Å². The van der Waals surface area contributed by atoms with Crippen molar-refractivity contribution in [2.75, 3.05) is 0 Å². The van der Waals surface area contributed by atoms with Crippen LogP contribution in [0.2, 0.25) is 0 Å². The zero-order chi connectivity index (χ0) is 14.9. The molecule has 2 aromatic rings. The van der Waals surface area contributed by atoms with Crippen molar-refractivity contribution in [3.63, 3.8) is 0 Å². The number of rotatable bonds is 3. The van der Waals surface area contributed by atoms with Crippen LogP contribution in [-0.4, -0.2) is 25.6 Å². The average molecular weight is 273 g/mol. The van der Waals surface area contributed by atoms with Gasteiger partial charge in [0.15, 0.2) is 0 Å². The van der Waals surface area contributed by atoms with Gasteiger partial charge >= 0.3 is 11.7 Å². The van der Waals surface area contributed by atoms with Crippen LogP contribution in [0.15, 0.2) is 23.3 Å². The number of carbonyl (C=O) groups is 1. The molecule has 0 unspecified atom stereocenters. The minimum Gasteiger partial charge on any atom is -0.481 e. The molecule has 20 heavy (non-hydrogen) atoms. The number of carboxylic acids is 1. The van der Waals surface area contributed by atoms with E-state index in [1.54, 1.807) is 32.3 Å². The van der Waals surface area contributed by atoms with Gasteiger partial charge in [-0.1, -0.05) is 0 Å². The third-order valence-electron chi connectivity index (χ3n) is 3.24. The average Bonchev–Trinajstić information content (AvgIpc) is 2.36. The molecule has 0 aliphatic rings. The molecule has 0 fully saturated rings. The summed E-state index contributed by atoms with van der Waals surface area (Å²) in [5.41, 5.74) is 2.66. The zero-order valence-electron chi connectivity index (χ0n) is 11.5. The Labute approximate surface area is 115 Å². The molecule has 0 saturated carbocycles. The fourth-order valence-corrected chi connectivity index (χ4v) is 2.18. The molecule has 6 nitrogen and oxygen atoms in total. The highest BCUT2D eigenvalue weighted by atomic mass is 16.4. The molecule has 2 heterocycles. The van der Waals surface area contributed by atoms with E-state index in [0.717, 1.165) is 5.56 Å². The molecule has 0 aliphatic heterocycles. The molecule has 0 amide bonds. The Balaban J connectivity index is 2.74. The Morgan fingerprint density at radius 1 is 1.35 bits per heavy atom. The summed E-state index contributed by atoms with van der Waals surface area (Å²) in [5, 5.41) is 8.97. The lowest BCUT2D eigenvalue weighted by molar-refractivity contribution is -0.136. The summed E-state index contributed by atoms with van der Waals surface area (Å²) in [4.78, 5) is 31.0. The van der Waals surface area contributed by atoms with Gasteiger partial charge in [0.2, 0.25) is 0 Å².